The van der Waals surface area contributed by atoms with Gasteiger partial charge >= 0.3 is 6.18 Å². The van der Waals surface area contributed by atoms with Crippen molar-refractivity contribution in [2.75, 3.05) is 25.0 Å². The summed E-state index contributed by atoms with van der Waals surface area (Å²) in [7, 11) is 0. The zero-order valence-electron chi connectivity index (χ0n) is 15.0. The van der Waals surface area contributed by atoms with Crippen molar-refractivity contribution < 1.29 is 30.7 Å². The highest BCUT2D eigenvalue weighted by molar-refractivity contribution is 5.93. The predicted octanol–water partition coefficient (Wildman–Crippen LogP) is 2.47. The molecule has 0 aromatic carbocycles. The topological polar surface area (TPSA) is 87.6 Å². The normalized spacial score (nSPS) is 25.1. The largest absolute Gasteiger partial charge is 0.476 e. The van der Waals surface area contributed by atoms with Crippen molar-refractivity contribution in [1.82, 2.24) is 14.9 Å². The van der Waals surface area contributed by atoms with E-state index in [-0.39, 0.29) is 21.5 Å². The Balaban J connectivity index is 0.00000210. The highest BCUT2D eigenvalue weighted by atomic mass is 19.4. The lowest BCUT2D eigenvalue weighted by atomic mass is 9.91. The Morgan fingerprint density at radius 2 is 2.22 bits per heavy atom. The molecule has 1 aliphatic heterocycles. The summed E-state index contributed by atoms with van der Waals surface area (Å²) in [5.74, 6) is 0.613. The standard InChI is InChI=1S/C17H23F3N4O3.2H2/c1-11(24-6-2-5-16(26,10-24)17(18,19)20)15(25)23-13-7-22-14(8-21-13)27-9-12-3-4-12;;/h7-8,11-12,26H,2-6,9-10H2,1H3,(H,21,23,25);2*1H/t11-,16+;;/m0../s1. The molecule has 27 heavy (non-hydrogen) atoms. The van der Waals surface area contributed by atoms with E-state index >= 15 is 0 Å². The van der Waals surface area contributed by atoms with Crippen LogP contribution >= 0.6 is 0 Å². The molecule has 0 bridgehead atoms. The molecule has 1 aromatic heterocycles. The summed E-state index contributed by atoms with van der Waals surface area (Å²) in [5.41, 5.74) is -2.79. The number of carbonyl (C=O) groups excluding carboxylic acids is 1. The van der Waals surface area contributed by atoms with Crippen LogP contribution in [0, 0.1) is 5.92 Å². The van der Waals surface area contributed by atoms with E-state index in [1.54, 1.807) is 0 Å². The second-order valence-corrected chi connectivity index (χ2v) is 7.26. The van der Waals surface area contributed by atoms with Crippen LogP contribution in [0.2, 0.25) is 0 Å². The van der Waals surface area contributed by atoms with Gasteiger partial charge in [-0.2, -0.15) is 13.2 Å². The molecule has 0 spiro atoms. The first kappa shape index (κ1) is 19.8. The van der Waals surface area contributed by atoms with Crippen LogP contribution in [0.4, 0.5) is 19.0 Å². The van der Waals surface area contributed by atoms with E-state index in [0.29, 0.717) is 24.9 Å². The fourth-order valence-corrected chi connectivity index (χ4v) is 2.97. The quantitative estimate of drug-likeness (QED) is 0.773. The molecule has 2 atom stereocenters. The molecule has 3 rings (SSSR count). The first-order valence-corrected chi connectivity index (χ1v) is 8.97. The van der Waals surface area contributed by atoms with Crippen LogP contribution in [0.1, 0.15) is 35.5 Å². The number of anilines is 1. The summed E-state index contributed by atoms with van der Waals surface area (Å²) in [6, 6.07) is -0.855. The maximum absolute atomic E-state index is 13.1. The molecule has 2 fully saturated rings. The molecule has 1 aliphatic carbocycles. The predicted molar refractivity (Wildman–Crippen MR) is 94.4 cm³/mol. The first-order chi connectivity index (χ1) is 12.7. The Bertz CT molecular complexity index is 677. The number of piperidine rings is 1. The monoisotopic (exact) mass is 392 g/mol. The highest BCUT2D eigenvalue weighted by Crippen LogP contribution is 2.37. The molecule has 1 aromatic rings. The van der Waals surface area contributed by atoms with Crippen molar-refractivity contribution in [2.24, 2.45) is 5.92 Å². The lowest BCUT2D eigenvalue weighted by molar-refractivity contribution is -0.275. The van der Waals surface area contributed by atoms with Crippen LogP contribution in [-0.4, -0.2) is 63.4 Å². The third-order valence-corrected chi connectivity index (χ3v) is 5.00. The number of likely N-dealkylation sites (tertiary alicyclic amines) is 1. The van der Waals surface area contributed by atoms with E-state index in [1.807, 2.05) is 0 Å². The number of aromatic nitrogens is 2. The number of hydrogen-bond acceptors (Lipinski definition) is 6. The smallest absolute Gasteiger partial charge is 0.418 e. The molecule has 154 valence electrons. The van der Waals surface area contributed by atoms with E-state index in [2.05, 4.69) is 15.3 Å². The molecular formula is C17H27F3N4O3. The summed E-state index contributed by atoms with van der Waals surface area (Å²) in [6.45, 7) is 1.75. The number of ether oxygens (including phenoxy) is 1. The van der Waals surface area contributed by atoms with Gasteiger partial charge in [-0.3, -0.25) is 9.69 Å². The summed E-state index contributed by atoms with van der Waals surface area (Å²) in [4.78, 5) is 21.8. The molecule has 1 saturated carbocycles. The van der Waals surface area contributed by atoms with Crippen LogP contribution in [0.15, 0.2) is 12.4 Å². The first-order valence-electron chi connectivity index (χ1n) is 8.97. The molecule has 10 heteroatoms. The maximum atomic E-state index is 13.1. The lowest BCUT2D eigenvalue weighted by Gasteiger charge is -2.42. The van der Waals surface area contributed by atoms with Crippen LogP contribution in [0.5, 0.6) is 5.88 Å². The van der Waals surface area contributed by atoms with Gasteiger partial charge < -0.3 is 15.2 Å². The molecule has 1 saturated heterocycles. The van der Waals surface area contributed by atoms with Gasteiger partial charge in [0.25, 0.3) is 0 Å². The van der Waals surface area contributed by atoms with Crippen LogP contribution < -0.4 is 10.1 Å². The summed E-state index contributed by atoms with van der Waals surface area (Å²) in [5, 5.41) is 12.4. The number of alkyl halides is 3. The Kier molecular flexibility index (Phi) is 5.57. The van der Waals surface area contributed by atoms with E-state index in [4.69, 9.17) is 4.74 Å². The van der Waals surface area contributed by atoms with Gasteiger partial charge in [-0.15, -0.1) is 0 Å². The second-order valence-electron chi connectivity index (χ2n) is 7.26. The van der Waals surface area contributed by atoms with Gasteiger partial charge in [-0.05, 0) is 45.1 Å². The third-order valence-electron chi connectivity index (χ3n) is 5.00. The average molecular weight is 392 g/mol. The van der Waals surface area contributed by atoms with Crippen molar-refractivity contribution in [1.29, 1.82) is 0 Å². The number of rotatable bonds is 6. The van der Waals surface area contributed by atoms with Gasteiger partial charge in [-0.1, -0.05) is 0 Å². The minimum atomic E-state index is -4.73. The van der Waals surface area contributed by atoms with E-state index in [9.17, 15) is 23.1 Å². The minimum Gasteiger partial charge on any atom is -0.476 e. The van der Waals surface area contributed by atoms with Crippen LogP contribution in [-0.2, 0) is 4.79 Å². The number of amides is 1. The SMILES string of the molecule is C[C@@H](C(=O)Nc1cnc(OCC2CC2)cn1)N1CCC[C@](O)(C(F)(F)F)C1.[HH].[HH]. The number of nitrogens with one attached hydrogen (secondary N) is 1. The lowest BCUT2D eigenvalue weighted by Crippen LogP contribution is -2.60. The molecular weight excluding hydrogens is 365 g/mol. The molecule has 2 N–H and O–H groups in total. The van der Waals surface area contributed by atoms with Gasteiger partial charge in [0.2, 0.25) is 11.8 Å². The molecule has 0 radical (unpaired) electrons. The summed E-state index contributed by atoms with van der Waals surface area (Å²) in [6.07, 6.45) is 0.0964. The Morgan fingerprint density at radius 3 is 2.81 bits per heavy atom. The number of hydrogen-bond donors (Lipinski definition) is 2. The Hall–Kier alpha value is -1.94. The van der Waals surface area contributed by atoms with Gasteiger partial charge in [0.05, 0.1) is 25.0 Å². The zero-order chi connectivity index (χ0) is 19.7. The summed E-state index contributed by atoms with van der Waals surface area (Å²) >= 11 is 0. The van der Waals surface area contributed by atoms with Gasteiger partial charge in [-0.25, -0.2) is 9.97 Å². The Labute approximate surface area is 157 Å². The number of aliphatic hydroxyl groups is 1. The molecule has 2 aliphatic rings. The second kappa shape index (κ2) is 7.59. The van der Waals surface area contributed by atoms with Crippen LogP contribution in [0.3, 0.4) is 0 Å². The van der Waals surface area contributed by atoms with Crippen molar-refractivity contribution in [3.8, 4) is 5.88 Å². The number of carbonyl (C=O) groups is 1. The molecule has 7 nitrogen and oxygen atoms in total. The number of nitrogens with zero attached hydrogens (tertiary/aromatic N) is 3. The van der Waals surface area contributed by atoms with Gasteiger partial charge in [0, 0.05) is 9.40 Å². The summed E-state index contributed by atoms with van der Waals surface area (Å²) < 4.78 is 44.6. The highest BCUT2D eigenvalue weighted by Gasteiger charge is 2.55. The Morgan fingerprint density at radius 1 is 1.48 bits per heavy atom. The molecule has 2 heterocycles. The van der Waals surface area contributed by atoms with Crippen molar-refractivity contribution in [3.63, 3.8) is 0 Å². The van der Waals surface area contributed by atoms with Crippen molar-refractivity contribution >= 4 is 11.7 Å². The van der Waals surface area contributed by atoms with Gasteiger partial charge in [0.1, 0.15) is 0 Å². The van der Waals surface area contributed by atoms with Crippen molar-refractivity contribution in [3.05, 3.63) is 12.4 Å². The van der Waals surface area contributed by atoms with E-state index < -0.39 is 30.3 Å². The van der Waals surface area contributed by atoms with Crippen LogP contribution in [0.25, 0.3) is 0 Å². The van der Waals surface area contributed by atoms with E-state index in [0.717, 1.165) is 12.8 Å². The number of β-amino-alcohol motifs (C(OH)–C–C–N with tert-alkyl or cyclic N) is 1. The van der Waals surface area contributed by atoms with Gasteiger partial charge in [0.15, 0.2) is 11.4 Å². The zero-order valence-corrected chi connectivity index (χ0v) is 15.0. The van der Waals surface area contributed by atoms with Crippen molar-refractivity contribution in [2.45, 2.75) is 50.4 Å². The average Bonchev–Trinajstić information content (AvgIpc) is 3.44. The third kappa shape index (κ3) is 4.86. The maximum Gasteiger partial charge on any atom is 0.418 e. The molecule has 0 unspecified atom stereocenters. The molecule has 1 amide bonds. The fraction of sp³-hybridized carbons (Fsp3) is 0.706. The fourth-order valence-electron chi connectivity index (χ4n) is 2.97. The minimum absolute atomic E-state index is 0. The van der Waals surface area contributed by atoms with E-state index in [1.165, 1.54) is 24.2 Å². The number of halogens is 3.